The number of aliphatic imine (C=N–C) groups is 1. The maximum absolute atomic E-state index is 12.7. The Kier molecular flexibility index (Phi) is 14.7. The summed E-state index contributed by atoms with van der Waals surface area (Å²) in [5.74, 6) is -0.780. The summed E-state index contributed by atoms with van der Waals surface area (Å²) in [4.78, 5) is 17.0. The number of quaternary nitrogens is 1. The molecule has 1 heterocycles. The zero-order valence-corrected chi connectivity index (χ0v) is 20.6. The third-order valence-electron chi connectivity index (χ3n) is 4.89. The van der Waals surface area contributed by atoms with Crippen LogP contribution < -0.4 is 29.6 Å². The maximum Gasteiger partial charge on any atom is 1.00 e. The van der Waals surface area contributed by atoms with Gasteiger partial charge in [0.15, 0.2) is 0 Å². The molecule has 0 aromatic heterocycles. The third kappa shape index (κ3) is 11.2. The molecule has 1 rings (SSSR count). The number of aliphatic hydroxyl groups is 2. The van der Waals surface area contributed by atoms with E-state index in [4.69, 9.17) is 0 Å². The molecule has 0 bridgehead atoms. The van der Waals surface area contributed by atoms with Crippen molar-refractivity contribution in [2.24, 2.45) is 4.99 Å². The van der Waals surface area contributed by atoms with E-state index in [1.165, 1.54) is 12.8 Å². The number of aliphatic hydroxyl groups excluding tert-OH is 2. The molecule has 0 saturated heterocycles. The Balaban J connectivity index is 0.00000784. The van der Waals surface area contributed by atoms with Crippen LogP contribution in [0.15, 0.2) is 17.1 Å². The van der Waals surface area contributed by atoms with Gasteiger partial charge in [-0.2, -0.15) is 0 Å². The Labute approximate surface area is 196 Å². The van der Waals surface area contributed by atoms with Gasteiger partial charge in [0.25, 0.3) is 5.84 Å². The molecule has 0 aliphatic carbocycles. The predicted molar refractivity (Wildman–Crippen MR) is 107 cm³/mol. The van der Waals surface area contributed by atoms with E-state index in [0.717, 1.165) is 19.3 Å². The van der Waals surface area contributed by atoms with Gasteiger partial charge in [0.1, 0.15) is 25.7 Å². The molecule has 0 aromatic rings. The largest absolute Gasteiger partial charge is 1.00 e. The summed E-state index contributed by atoms with van der Waals surface area (Å²) >= 11 is 0. The molecule has 0 spiro atoms. The van der Waals surface area contributed by atoms with Gasteiger partial charge < -0.3 is 14.8 Å². The van der Waals surface area contributed by atoms with Crippen LogP contribution in [-0.4, -0.2) is 83.9 Å². The number of allylic oxidation sites excluding steroid dienone is 2. The molecular weight excluding hydrogens is 407 g/mol. The van der Waals surface area contributed by atoms with Gasteiger partial charge in [-0.1, -0.05) is 31.9 Å². The summed E-state index contributed by atoms with van der Waals surface area (Å²) in [7, 11) is -4.58. The molecule has 2 unspecified atom stereocenters. The van der Waals surface area contributed by atoms with E-state index < -0.39 is 22.0 Å². The fraction of sp³-hybridized carbons (Fsp3) is 0.789. The Morgan fingerprint density at radius 2 is 1.93 bits per heavy atom. The minimum absolute atomic E-state index is 0. The molecule has 10 heteroatoms. The van der Waals surface area contributed by atoms with Gasteiger partial charge in [0, 0.05) is 6.42 Å². The number of hydrogen-bond acceptors (Lipinski definition) is 7. The van der Waals surface area contributed by atoms with Crippen LogP contribution in [0.3, 0.4) is 0 Å². The van der Waals surface area contributed by atoms with Crippen molar-refractivity contribution in [3.05, 3.63) is 12.2 Å². The van der Waals surface area contributed by atoms with Crippen molar-refractivity contribution in [2.45, 2.75) is 58.0 Å². The fourth-order valence-corrected chi connectivity index (χ4v) is 4.12. The van der Waals surface area contributed by atoms with E-state index in [0.29, 0.717) is 25.9 Å². The zero-order chi connectivity index (χ0) is 21.0. The Morgan fingerprint density at radius 1 is 1.28 bits per heavy atom. The van der Waals surface area contributed by atoms with Gasteiger partial charge in [-0.05, 0) is 25.7 Å². The number of carbonyl (C=O) groups excluding carboxylic acids is 1. The Bertz CT molecular complexity index is 653. The van der Waals surface area contributed by atoms with Gasteiger partial charge in [-0.15, -0.1) is 0 Å². The summed E-state index contributed by atoms with van der Waals surface area (Å²) in [6.45, 7) is 2.73. The molecule has 162 valence electrons. The van der Waals surface area contributed by atoms with Crippen molar-refractivity contribution < 1.29 is 62.0 Å². The van der Waals surface area contributed by atoms with Gasteiger partial charge in [0.05, 0.1) is 29.0 Å². The predicted octanol–water partition coefficient (Wildman–Crippen LogP) is -2.01. The Hall–Kier alpha value is -0.130. The van der Waals surface area contributed by atoms with Crippen LogP contribution >= 0.6 is 0 Å². The van der Waals surface area contributed by atoms with Crippen LogP contribution in [0.1, 0.15) is 51.9 Å². The average Bonchev–Trinajstić information content (AvgIpc) is 2.98. The van der Waals surface area contributed by atoms with E-state index in [9.17, 15) is 28.0 Å². The number of ketones is 1. The van der Waals surface area contributed by atoms with Gasteiger partial charge >= 0.3 is 29.6 Å². The minimum Gasteiger partial charge on any atom is -0.748 e. The molecule has 2 N–H and O–H groups in total. The van der Waals surface area contributed by atoms with Gasteiger partial charge in [-0.3, -0.25) is 9.28 Å². The molecule has 0 amide bonds. The van der Waals surface area contributed by atoms with Crippen molar-refractivity contribution in [2.75, 3.05) is 38.5 Å². The first-order valence-corrected chi connectivity index (χ1v) is 11.6. The first-order valence-electron chi connectivity index (χ1n) is 10.1. The number of unbranched alkanes of at least 4 members (excludes halogenated alkanes) is 4. The van der Waals surface area contributed by atoms with E-state index in [1.54, 1.807) is 0 Å². The summed E-state index contributed by atoms with van der Waals surface area (Å²) < 4.78 is 32.6. The molecule has 2 atom stereocenters. The standard InChI is InChI=1S/C19H34N2O6S.Na/c1-2-3-4-5-6-7-8-9-10-18(24)19-20-11-12-21(19,13-14-22)15-17(23)16-28(25,26)27;/h5-6,17,22-23H,2-4,7-16H2,1H3;/q;+1/b6-5+;. The van der Waals surface area contributed by atoms with Crippen LogP contribution in [0.2, 0.25) is 0 Å². The van der Waals surface area contributed by atoms with E-state index in [1.807, 2.05) is 0 Å². The molecule has 29 heavy (non-hydrogen) atoms. The SMILES string of the molecule is CCCC/C=C/CCCCC(=O)C1=NCC[N+]1(CCO)CC(O)CS(=O)(=O)[O-].[Na+]. The first-order chi connectivity index (χ1) is 13.2. The summed E-state index contributed by atoms with van der Waals surface area (Å²) in [6.07, 6.45) is 9.17. The Morgan fingerprint density at radius 3 is 2.52 bits per heavy atom. The molecule has 0 saturated carbocycles. The van der Waals surface area contributed by atoms with Crippen LogP contribution in [-0.2, 0) is 14.9 Å². The molecule has 1 aliphatic rings. The summed E-state index contributed by atoms with van der Waals surface area (Å²) in [6, 6.07) is 0. The second-order valence-corrected chi connectivity index (χ2v) is 8.81. The second-order valence-electron chi connectivity index (χ2n) is 7.36. The molecule has 0 radical (unpaired) electrons. The topological polar surface area (TPSA) is 127 Å². The van der Waals surface area contributed by atoms with Gasteiger partial charge in [0.2, 0.25) is 5.78 Å². The van der Waals surface area contributed by atoms with Crippen molar-refractivity contribution in [3.8, 4) is 0 Å². The zero-order valence-electron chi connectivity index (χ0n) is 17.8. The smallest absolute Gasteiger partial charge is 0.748 e. The minimum atomic E-state index is -4.58. The number of rotatable bonds is 15. The van der Waals surface area contributed by atoms with E-state index >= 15 is 0 Å². The normalized spacial score (nSPS) is 20.5. The quantitative estimate of drug-likeness (QED) is 0.0994. The third-order valence-corrected chi connectivity index (χ3v) is 5.68. The maximum atomic E-state index is 12.7. The van der Waals surface area contributed by atoms with E-state index in [2.05, 4.69) is 24.1 Å². The van der Waals surface area contributed by atoms with Crippen molar-refractivity contribution in [1.29, 1.82) is 0 Å². The van der Waals surface area contributed by atoms with Crippen LogP contribution in [0.25, 0.3) is 0 Å². The van der Waals surface area contributed by atoms with Crippen molar-refractivity contribution in [1.82, 2.24) is 0 Å². The summed E-state index contributed by atoms with van der Waals surface area (Å²) in [5, 5.41) is 19.4. The molecule has 0 aromatic carbocycles. The average molecular weight is 442 g/mol. The molecule has 0 fully saturated rings. The number of nitrogens with zero attached hydrogens (tertiary/aromatic N) is 2. The summed E-state index contributed by atoms with van der Waals surface area (Å²) in [5.41, 5.74) is 0. The van der Waals surface area contributed by atoms with Crippen LogP contribution in [0.4, 0.5) is 0 Å². The number of amidine groups is 1. The first kappa shape index (κ1) is 28.9. The van der Waals surface area contributed by atoms with Crippen molar-refractivity contribution >= 4 is 21.7 Å². The van der Waals surface area contributed by atoms with Crippen molar-refractivity contribution in [3.63, 3.8) is 0 Å². The number of Topliss-reactive ketones (excluding diaryl/α,β-unsaturated/α-hetero) is 1. The van der Waals surface area contributed by atoms with E-state index in [-0.39, 0.29) is 65.4 Å². The number of hydrogen-bond donors (Lipinski definition) is 2. The van der Waals surface area contributed by atoms with Gasteiger partial charge in [-0.25, -0.2) is 13.4 Å². The monoisotopic (exact) mass is 441 g/mol. The second kappa shape index (κ2) is 14.8. The fourth-order valence-electron chi connectivity index (χ4n) is 3.54. The molecule has 1 aliphatic heterocycles. The molecular formula is C19H34N2NaO6S+. The van der Waals surface area contributed by atoms with Crippen LogP contribution in [0, 0.1) is 0 Å². The van der Waals surface area contributed by atoms with Crippen LogP contribution in [0.5, 0.6) is 0 Å². The number of carbonyl (C=O) groups is 1. The molecule has 8 nitrogen and oxygen atoms in total.